The molecule has 0 saturated heterocycles. The summed E-state index contributed by atoms with van der Waals surface area (Å²) in [5, 5.41) is 22.4. The highest BCUT2D eigenvalue weighted by molar-refractivity contribution is 5.67. The number of nitrogens with one attached hydrogen (secondary N) is 1. The molecule has 23 heavy (non-hydrogen) atoms. The third-order valence-electron chi connectivity index (χ3n) is 3.31. The second kappa shape index (κ2) is 8.06. The Morgan fingerprint density at radius 1 is 1.35 bits per heavy atom. The average molecular weight is 324 g/mol. The summed E-state index contributed by atoms with van der Waals surface area (Å²) in [6.07, 6.45) is 0.431. The van der Waals surface area contributed by atoms with Gasteiger partial charge in [-0.2, -0.15) is 0 Å². The number of rotatable bonds is 6. The van der Waals surface area contributed by atoms with E-state index in [2.05, 4.69) is 5.32 Å². The molecule has 130 valence electrons. The van der Waals surface area contributed by atoms with Gasteiger partial charge >= 0.3 is 6.09 Å². The molecular formula is C17H28N2O4. The van der Waals surface area contributed by atoms with Crippen molar-refractivity contribution in [1.29, 1.82) is 0 Å². The van der Waals surface area contributed by atoms with Crippen LogP contribution in [0.2, 0.25) is 0 Å². The molecule has 6 nitrogen and oxygen atoms in total. The normalized spacial score (nSPS) is 12.7. The fourth-order valence-corrected chi connectivity index (χ4v) is 2.07. The Morgan fingerprint density at radius 2 is 2.00 bits per heavy atom. The summed E-state index contributed by atoms with van der Waals surface area (Å²) < 4.78 is 5.28. The molecule has 0 heterocycles. The van der Waals surface area contributed by atoms with E-state index in [-0.39, 0.29) is 23.6 Å². The second-order valence-electron chi connectivity index (χ2n) is 6.67. The van der Waals surface area contributed by atoms with E-state index < -0.39 is 5.60 Å². The molecule has 0 saturated carbocycles. The molecule has 1 amide bonds. The number of benzene rings is 1. The van der Waals surface area contributed by atoms with Gasteiger partial charge in [0.2, 0.25) is 0 Å². The van der Waals surface area contributed by atoms with Crippen molar-refractivity contribution in [3.63, 3.8) is 0 Å². The first kappa shape index (κ1) is 19.1. The second-order valence-corrected chi connectivity index (χ2v) is 6.67. The highest BCUT2D eigenvalue weighted by Crippen LogP contribution is 2.27. The summed E-state index contributed by atoms with van der Waals surface area (Å²) in [5.41, 5.74) is 0.234. The zero-order valence-electron chi connectivity index (χ0n) is 14.6. The van der Waals surface area contributed by atoms with Gasteiger partial charge in [0.05, 0.1) is 0 Å². The van der Waals surface area contributed by atoms with Crippen molar-refractivity contribution < 1.29 is 19.7 Å². The Balaban J connectivity index is 2.35. The van der Waals surface area contributed by atoms with E-state index in [9.17, 15) is 15.0 Å². The van der Waals surface area contributed by atoms with Crippen LogP contribution in [0.4, 0.5) is 4.79 Å². The third-order valence-corrected chi connectivity index (χ3v) is 3.31. The highest BCUT2D eigenvalue weighted by Gasteiger charge is 2.19. The minimum atomic E-state index is -0.492. The molecule has 1 unspecified atom stereocenters. The molecule has 6 heteroatoms. The number of ether oxygens (including phenoxy) is 1. The van der Waals surface area contributed by atoms with Gasteiger partial charge in [-0.05, 0) is 46.7 Å². The Bertz CT molecular complexity index is 526. The van der Waals surface area contributed by atoms with Gasteiger partial charge in [-0.25, -0.2) is 4.79 Å². The number of aromatic hydroxyl groups is 2. The molecule has 0 aliphatic rings. The predicted molar refractivity (Wildman–Crippen MR) is 89.7 cm³/mol. The lowest BCUT2D eigenvalue weighted by Gasteiger charge is -2.25. The Labute approximate surface area is 138 Å². The number of amides is 1. The first-order valence-electron chi connectivity index (χ1n) is 7.79. The number of phenols is 2. The molecule has 0 aromatic heterocycles. The number of hydrogen-bond donors (Lipinski definition) is 3. The number of hydrogen-bond acceptors (Lipinski definition) is 5. The van der Waals surface area contributed by atoms with Crippen molar-refractivity contribution in [1.82, 2.24) is 10.2 Å². The third kappa shape index (κ3) is 6.78. The quantitative estimate of drug-likeness (QED) is 0.701. The smallest absolute Gasteiger partial charge is 0.410 e. The van der Waals surface area contributed by atoms with Crippen LogP contribution in [0.3, 0.4) is 0 Å². The topological polar surface area (TPSA) is 82.0 Å². The molecule has 0 aliphatic heterocycles. The van der Waals surface area contributed by atoms with Gasteiger partial charge in [0.25, 0.3) is 0 Å². The summed E-state index contributed by atoms with van der Waals surface area (Å²) in [7, 11) is 1.71. The maximum Gasteiger partial charge on any atom is 0.410 e. The van der Waals surface area contributed by atoms with E-state index in [1.54, 1.807) is 24.1 Å². The Hall–Kier alpha value is -1.95. The molecule has 1 atom stereocenters. The number of nitrogens with zero attached hydrogens (tertiary/aromatic N) is 1. The van der Waals surface area contributed by atoms with Gasteiger partial charge in [-0.3, -0.25) is 0 Å². The monoisotopic (exact) mass is 324 g/mol. The van der Waals surface area contributed by atoms with Gasteiger partial charge < -0.3 is 25.2 Å². The van der Waals surface area contributed by atoms with Crippen LogP contribution in [0, 0.1) is 0 Å². The van der Waals surface area contributed by atoms with Crippen molar-refractivity contribution in [2.45, 2.75) is 45.8 Å². The first-order valence-corrected chi connectivity index (χ1v) is 7.79. The van der Waals surface area contributed by atoms with Gasteiger partial charge in [0.15, 0.2) is 0 Å². The maximum atomic E-state index is 11.8. The molecule has 1 aromatic rings. The fraction of sp³-hybridized carbons (Fsp3) is 0.588. The van der Waals surface area contributed by atoms with Gasteiger partial charge in [0.1, 0.15) is 17.1 Å². The summed E-state index contributed by atoms with van der Waals surface area (Å²) in [6, 6.07) is 4.50. The van der Waals surface area contributed by atoms with Crippen LogP contribution in [0.1, 0.15) is 45.7 Å². The number of carbonyl (C=O) groups is 1. The highest BCUT2D eigenvalue weighted by atomic mass is 16.6. The number of phenolic OH excluding ortho intramolecular Hbond substituents is 2. The standard InChI is InChI=1S/C17H28N2O4/c1-12(14-8-7-13(20)11-15(14)21)18-9-6-10-19(5)16(22)23-17(2,3)4/h7-8,11-12,18,20-21H,6,9-10H2,1-5H3. The van der Waals surface area contributed by atoms with E-state index in [1.807, 2.05) is 27.7 Å². The Kier molecular flexibility index (Phi) is 6.69. The maximum absolute atomic E-state index is 11.8. The van der Waals surface area contributed by atoms with Gasteiger partial charge in [-0.15, -0.1) is 0 Å². The van der Waals surface area contributed by atoms with Crippen LogP contribution in [-0.4, -0.2) is 46.9 Å². The minimum Gasteiger partial charge on any atom is -0.508 e. The Morgan fingerprint density at radius 3 is 2.57 bits per heavy atom. The van der Waals surface area contributed by atoms with E-state index in [4.69, 9.17) is 4.74 Å². The largest absolute Gasteiger partial charge is 0.508 e. The lowest BCUT2D eigenvalue weighted by atomic mass is 10.1. The molecule has 1 aromatic carbocycles. The molecule has 0 radical (unpaired) electrons. The molecular weight excluding hydrogens is 296 g/mol. The zero-order valence-corrected chi connectivity index (χ0v) is 14.6. The molecule has 1 rings (SSSR count). The predicted octanol–water partition coefficient (Wildman–Crippen LogP) is 3.01. The molecule has 0 aliphatic carbocycles. The molecule has 0 spiro atoms. The zero-order chi connectivity index (χ0) is 17.6. The molecule has 0 bridgehead atoms. The van der Waals surface area contributed by atoms with E-state index in [0.29, 0.717) is 13.1 Å². The number of carbonyl (C=O) groups excluding carboxylic acids is 1. The first-order chi connectivity index (χ1) is 10.6. The van der Waals surface area contributed by atoms with Crippen molar-refractivity contribution in [3.05, 3.63) is 23.8 Å². The van der Waals surface area contributed by atoms with Gasteiger partial charge in [-0.1, -0.05) is 6.07 Å². The summed E-state index contributed by atoms with van der Waals surface area (Å²) in [5.74, 6) is 0.105. The van der Waals surface area contributed by atoms with Crippen LogP contribution >= 0.6 is 0 Å². The summed E-state index contributed by atoms with van der Waals surface area (Å²) >= 11 is 0. The van der Waals surface area contributed by atoms with E-state index in [0.717, 1.165) is 12.0 Å². The molecule has 3 N–H and O–H groups in total. The minimum absolute atomic E-state index is 0.0393. The van der Waals surface area contributed by atoms with Gasteiger partial charge in [0, 0.05) is 31.3 Å². The molecule has 0 fully saturated rings. The fourth-order valence-electron chi connectivity index (χ4n) is 2.07. The summed E-state index contributed by atoms with van der Waals surface area (Å²) in [6.45, 7) is 8.72. The van der Waals surface area contributed by atoms with E-state index >= 15 is 0 Å². The lowest BCUT2D eigenvalue weighted by molar-refractivity contribution is 0.0297. The van der Waals surface area contributed by atoms with Crippen molar-refractivity contribution in [2.75, 3.05) is 20.1 Å². The van der Waals surface area contributed by atoms with Crippen LogP contribution < -0.4 is 5.32 Å². The van der Waals surface area contributed by atoms with Crippen LogP contribution in [0.25, 0.3) is 0 Å². The lowest BCUT2D eigenvalue weighted by Crippen LogP contribution is -2.35. The SMILES string of the molecule is CC(NCCCN(C)C(=O)OC(C)(C)C)c1ccc(O)cc1O. The van der Waals surface area contributed by atoms with Crippen molar-refractivity contribution in [2.24, 2.45) is 0 Å². The van der Waals surface area contributed by atoms with E-state index in [1.165, 1.54) is 6.07 Å². The van der Waals surface area contributed by atoms with Crippen LogP contribution in [0.15, 0.2) is 18.2 Å². The average Bonchev–Trinajstić information content (AvgIpc) is 2.41. The van der Waals surface area contributed by atoms with Crippen molar-refractivity contribution >= 4 is 6.09 Å². The summed E-state index contributed by atoms with van der Waals surface area (Å²) in [4.78, 5) is 13.4. The van der Waals surface area contributed by atoms with Crippen LogP contribution in [-0.2, 0) is 4.74 Å². The van der Waals surface area contributed by atoms with Crippen molar-refractivity contribution in [3.8, 4) is 11.5 Å². The van der Waals surface area contributed by atoms with Crippen LogP contribution in [0.5, 0.6) is 11.5 Å².